The molecule has 3 rings (SSSR count). The highest BCUT2D eigenvalue weighted by atomic mass is 35.5. The monoisotopic (exact) mass is 419 g/mol. The number of esters is 1. The maximum absolute atomic E-state index is 11.8. The fourth-order valence-electron chi connectivity index (χ4n) is 3.32. The van der Waals surface area contributed by atoms with Gasteiger partial charge in [0.15, 0.2) is 0 Å². The van der Waals surface area contributed by atoms with Gasteiger partial charge in [-0.2, -0.15) is 0 Å². The Morgan fingerprint density at radius 3 is 2.69 bits per heavy atom. The van der Waals surface area contributed by atoms with Crippen LogP contribution in [0.3, 0.4) is 0 Å². The Balaban J connectivity index is 1.72. The van der Waals surface area contributed by atoms with Gasteiger partial charge in [-0.1, -0.05) is 18.5 Å². The van der Waals surface area contributed by atoms with E-state index in [1.54, 1.807) is 6.33 Å². The highest BCUT2D eigenvalue weighted by Gasteiger charge is 2.26. The number of nitrogens with zero attached hydrogens (tertiary/aromatic N) is 4. The number of methoxy groups -OCH3 is 1. The van der Waals surface area contributed by atoms with Crippen LogP contribution in [0.15, 0.2) is 24.5 Å². The maximum atomic E-state index is 11.8. The van der Waals surface area contributed by atoms with Crippen molar-refractivity contribution in [2.24, 2.45) is 0 Å². The van der Waals surface area contributed by atoms with Crippen molar-refractivity contribution < 1.29 is 14.5 Å². The Labute approximate surface area is 173 Å². The van der Waals surface area contributed by atoms with Gasteiger partial charge in [0.2, 0.25) is 0 Å². The fraction of sp³-hybridized carbons (Fsp3) is 0.421. The van der Waals surface area contributed by atoms with Crippen molar-refractivity contribution in [3.8, 4) is 0 Å². The van der Waals surface area contributed by atoms with Crippen LogP contribution in [-0.4, -0.2) is 47.1 Å². The van der Waals surface area contributed by atoms with E-state index in [1.807, 2.05) is 13.0 Å². The molecule has 2 heterocycles. The average Bonchev–Trinajstić information content (AvgIpc) is 2.73. The van der Waals surface area contributed by atoms with E-state index in [-0.39, 0.29) is 22.3 Å². The standard InChI is InChI=1S/C19H22ClN5O4/c1-3-12-8-18(22-11-21-12)24-6-4-13(5-7-24)23-16-10-15(20)14(19(26)29-2)9-17(16)25(27)28/h8-11,13,23H,3-7H2,1-2H3. The van der Waals surface area contributed by atoms with E-state index < -0.39 is 10.9 Å². The zero-order valence-electron chi connectivity index (χ0n) is 16.2. The van der Waals surface area contributed by atoms with Gasteiger partial charge in [0.1, 0.15) is 17.8 Å². The number of carbonyl (C=O) groups excluding carboxylic acids is 1. The largest absolute Gasteiger partial charge is 0.465 e. The molecule has 1 aliphatic rings. The number of nitro benzene ring substituents is 1. The first-order chi connectivity index (χ1) is 13.9. The quantitative estimate of drug-likeness (QED) is 0.430. The number of nitro groups is 1. The van der Waals surface area contributed by atoms with Crippen LogP contribution in [0.2, 0.25) is 5.02 Å². The minimum absolute atomic E-state index is 0.0308. The van der Waals surface area contributed by atoms with Gasteiger partial charge in [0.25, 0.3) is 5.69 Å². The number of hydrogen-bond donors (Lipinski definition) is 1. The number of ether oxygens (including phenoxy) is 1. The lowest BCUT2D eigenvalue weighted by molar-refractivity contribution is -0.384. The van der Waals surface area contributed by atoms with Crippen LogP contribution >= 0.6 is 11.6 Å². The molecule has 0 bridgehead atoms. The number of anilines is 2. The predicted molar refractivity (Wildman–Crippen MR) is 110 cm³/mol. The molecular weight excluding hydrogens is 398 g/mol. The molecule has 2 aromatic rings. The molecule has 0 amide bonds. The highest BCUT2D eigenvalue weighted by molar-refractivity contribution is 6.34. The topological polar surface area (TPSA) is 110 Å². The van der Waals surface area contributed by atoms with Crippen LogP contribution in [-0.2, 0) is 11.2 Å². The Morgan fingerprint density at radius 2 is 2.07 bits per heavy atom. The van der Waals surface area contributed by atoms with Gasteiger partial charge in [0, 0.05) is 37.0 Å². The van der Waals surface area contributed by atoms with Gasteiger partial charge in [0.05, 0.1) is 22.6 Å². The summed E-state index contributed by atoms with van der Waals surface area (Å²) in [6.07, 6.45) is 3.98. The third kappa shape index (κ3) is 4.73. The summed E-state index contributed by atoms with van der Waals surface area (Å²) in [6, 6.07) is 4.59. The van der Waals surface area contributed by atoms with E-state index in [9.17, 15) is 14.9 Å². The van der Waals surface area contributed by atoms with Gasteiger partial charge in [-0.05, 0) is 25.3 Å². The van der Waals surface area contributed by atoms with Crippen LogP contribution in [0, 0.1) is 10.1 Å². The number of aryl methyl sites for hydroxylation is 1. The number of halogens is 1. The molecule has 1 aromatic heterocycles. The molecule has 29 heavy (non-hydrogen) atoms. The molecule has 1 saturated heterocycles. The number of rotatable bonds is 6. The van der Waals surface area contributed by atoms with Gasteiger partial charge in [-0.15, -0.1) is 0 Å². The van der Waals surface area contributed by atoms with E-state index in [2.05, 4.69) is 24.9 Å². The van der Waals surface area contributed by atoms with Crippen molar-refractivity contribution in [2.45, 2.75) is 32.2 Å². The normalized spacial score (nSPS) is 14.5. The third-order valence-corrected chi connectivity index (χ3v) is 5.25. The van der Waals surface area contributed by atoms with E-state index >= 15 is 0 Å². The lowest BCUT2D eigenvalue weighted by Gasteiger charge is -2.33. The molecule has 1 fully saturated rings. The summed E-state index contributed by atoms with van der Waals surface area (Å²) in [5, 5.41) is 14.8. The number of aromatic nitrogens is 2. The number of hydrogen-bond acceptors (Lipinski definition) is 8. The Bertz CT molecular complexity index is 915. The molecule has 1 aromatic carbocycles. The number of benzene rings is 1. The first kappa shape index (κ1) is 20.8. The summed E-state index contributed by atoms with van der Waals surface area (Å²) in [5.74, 6) is 0.181. The second-order valence-electron chi connectivity index (χ2n) is 6.72. The van der Waals surface area contributed by atoms with E-state index in [0.29, 0.717) is 5.69 Å². The van der Waals surface area contributed by atoms with Crippen LogP contribution in [0.25, 0.3) is 0 Å². The van der Waals surface area contributed by atoms with Crippen LogP contribution in [0.5, 0.6) is 0 Å². The predicted octanol–water partition coefficient (Wildman–Crippen LogP) is 3.47. The van der Waals surface area contributed by atoms with Crippen molar-refractivity contribution in [1.82, 2.24) is 9.97 Å². The summed E-state index contributed by atoms with van der Waals surface area (Å²) in [7, 11) is 1.20. The first-order valence-corrected chi connectivity index (χ1v) is 9.69. The summed E-state index contributed by atoms with van der Waals surface area (Å²) in [4.78, 5) is 33.5. The van der Waals surface area contributed by atoms with Crippen molar-refractivity contribution >= 4 is 34.8 Å². The van der Waals surface area contributed by atoms with Crippen LogP contribution in [0.4, 0.5) is 17.2 Å². The molecule has 0 spiro atoms. The summed E-state index contributed by atoms with van der Waals surface area (Å²) < 4.78 is 4.63. The Morgan fingerprint density at radius 1 is 1.34 bits per heavy atom. The molecule has 0 unspecified atom stereocenters. The Hall–Kier alpha value is -2.94. The van der Waals surface area contributed by atoms with Crippen molar-refractivity contribution in [3.05, 3.63) is 50.9 Å². The minimum atomic E-state index is -0.714. The second-order valence-corrected chi connectivity index (χ2v) is 7.13. The zero-order valence-corrected chi connectivity index (χ0v) is 17.0. The molecular formula is C19H22ClN5O4. The number of carbonyl (C=O) groups is 1. The van der Waals surface area contributed by atoms with E-state index in [0.717, 1.165) is 49.9 Å². The first-order valence-electron chi connectivity index (χ1n) is 9.31. The lowest BCUT2D eigenvalue weighted by Crippen LogP contribution is -2.39. The molecule has 1 aliphatic heterocycles. The van der Waals surface area contributed by atoms with Gasteiger partial charge >= 0.3 is 5.97 Å². The number of nitrogens with one attached hydrogen (secondary N) is 1. The second kappa shape index (κ2) is 9.04. The molecule has 154 valence electrons. The molecule has 0 saturated carbocycles. The van der Waals surface area contributed by atoms with Gasteiger partial charge in [-0.3, -0.25) is 10.1 Å². The smallest absolute Gasteiger partial charge is 0.339 e. The SMILES string of the molecule is CCc1cc(N2CCC(Nc3cc(Cl)c(C(=O)OC)cc3[N+](=O)[O-])CC2)ncn1. The summed E-state index contributed by atoms with van der Waals surface area (Å²) >= 11 is 6.14. The highest BCUT2D eigenvalue weighted by Crippen LogP contribution is 2.33. The van der Waals surface area contributed by atoms with Gasteiger partial charge < -0.3 is 15.0 Å². The average molecular weight is 420 g/mol. The molecule has 0 aliphatic carbocycles. The summed E-state index contributed by atoms with van der Waals surface area (Å²) in [6.45, 7) is 3.57. The molecule has 0 atom stereocenters. The van der Waals surface area contributed by atoms with Crippen molar-refractivity contribution in [2.75, 3.05) is 30.4 Å². The van der Waals surface area contributed by atoms with E-state index in [4.69, 9.17) is 11.6 Å². The maximum Gasteiger partial charge on any atom is 0.339 e. The number of piperidine rings is 1. The third-order valence-electron chi connectivity index (χ3n) is 4.94. The molecule has 1 N–H and O–H groups in total. The summed E-state index contributed by atoms with van der Waals surface area (Å²) in [5.41, 5.74) is 1.05. The van der Waals surface area contributed by atoms with E-state index in [1.165, 1.54) is 13.2 Å². The van der Waals surface area contributed by atoms with Crippen LogP contribution in [0.1, 0.15) is 35.8 Å². The lowest BCUT2D eigenvalue weighted by atomic mass is 10.0. The van der Waals surface area contributed by atoms with Gasteiger partial charge in [-0.25, -0.2) is 14.8 Å². The minimum Gasteiger partial charge on any atom is -0.465 e. The van der Waals surface area contributed by atoms with Crippen molar-refractivity contribution in [1.29, 1.82) is 0 Å². The zero-order chi connectivity index (χ0) is 21.0. The van der Waals surface area contributed by atoms with Crippen LogP contribution < -0.4 is 10.2 Å². The Kier molecular flexibility index (Phi) is 6.48. The molecule has 9 nitrogen and oxygen atoms in total. The van der Waals surface area contributed by atoms with Crippen molar-refractivity contribution in [3.63, 3.8) is 0 Å². The fourth-order valence-corrected chi connectivity index (χ4v) is 3.56. The molecule has 10 heteroatoms. The molecule has 0 radical (unpaired) electrons.